The fourth-order valence-electron chi connectivity index (χ4n) is 4.95. The van der Waals surface area contributed by atoms with Crippen molar-refractivity contribution in [1.29, 1.82) is 0 Å². The fourth-order valence-corrected chi connectivity index (χ4v) is 7.78. The molecule has 0 radical (unpaired) electrons. The van der Waals surface area contributed by atoms with Gasteiger partial charge in [-0.2, -0.15) is 0 Å². The van der Waals surface area contributed by atoms with E-state index in [2.05, 4.69) is 11.8 Å². The van der Waals surface area contributed by atoms with E-state index < -0.39 is 24.7 Å². The molecule has 9 nitrogen and oxygen atoms in total. The monoisotopic (exact) mass is 588 g/mol. The lowest BCUT2D eigenvalue weighted by atomic mass is 10.1. The first kappa shape index (κ1) is 30.3. The van der Waals surface area contributed by atoms with Crippen LogP contribution in [0.3, 0.4) is 0 Å². The maximum Gasteiger partial charge on any atom is 0.332 e. The first-order chi connectivity index (χ1) is 19.3. The number of methoxy groups -OCH3 is 1. The summed E-state index contributed by atoms with van der Waals surface area (Å²) in [5.74, 6) is 6.61. The molecular formula is C29H37N2O7PS. The van der Waals surface area contributed by atoms with Gasteiger partial charge in [0.25, 0.3) is 5.56 Å². The number of para-hydroxylation sites is 1. The van der Waals surface area contributed by atoms with Gasteiger partial charge in [0, 0.05) is 24.9 Å². The second-order valence-corrected chi connectivity index (χ2v) is 13.4. The molecule has 0 N–H and O–H groups in total. The molecular weight excluding hydrogens is 551 g/mol. The molecule has 0 amide bonds. The Hall–Kier alpha value is -2.67. The highest BCUT2D eigenvalue weighted by Gasteiger charge is 2.29. The Morgan fingerprint density at radius 3 is 2.55 bits per heavy atom. The predicted octanol–water partition coefficient (Wildman–Crippen LogP) is 5.14. The van der Waals surface area contributed by atoms with Crippen molar-refractivity contribution in [3.05, 3.63) is 61.1 Å². The molecule has 0 bridgehead atoms. The Balaban J connectivity index is 1.93. The molecule has 4 rings (SSSR count). The zero-order chi connectivity index (χ0) is 28.9. The zero-order valence-electron chi connectivity index (χ0n) is 23.7. The second kappa shape index (κ2) is 13.3. The van der Waals surface area contributed by atoms with Gasteiger partial charge in [-0.25, -0.2) is 9.36 Å². The molecule has 0 spiro atoms. The fraction of sp³-hybridized carbons (Fsp3) is 0.517. The number of ether oxygens (including phenoxy) is 3. The van der Waals surface area contributed by atoms with Crippen LogP contribution in [0.25, 0.3) is 10.2 Å². The summed E-state index contributed by atoms with van der Waals surface area (Å²) in [6, 6.07) is 7.57. The van der Waals surface area contributed by atoms with Crippen LogP contribution in [-0.4, -0.2) is 48.3 Å². The molecule has 11 heteroatoms. The van der Waals surface area contributed by atoms with Crippen LogP contribution in [-0.2, 0) is 31.4 Å². The largest absolute Gasteiger partial charge is 0.496 e. The molecule has 1 aliphatic heterocycles. The van der Waals surface area contributed by atoms with E-state index in [0.29, 0.717) is 39.6 Å². The Labute approximate surface area is 238 Å². The molecule has 40 heavy (non-hydrogen) atoms. The van der Waals surface area contributed by atoms with Crippen molar-refractivity contribution in [2.75, 3.05) is 33.1 Å². The van der Waals surface area contributed by atoms with E-state index in [9.17, 15) is 14.2 Å². The number of thiophene rings is 1. The lowest BCUT2D eigenvalue weighted by molar-refractivity contribution is -0.0753. The predicted molar refractivity (Wildman–Crippen MR) is 158 cm³/mol. The van der Waals surface area contributed by atoms with Crippen LogP contribution in [0.4, 0.5) is 0 Å². The third-order valence-corrected chi connectivity index (χ3v) is 10.7. The van der Waals surface area contributed by atoms with Crippen LogP contribution >= 0.6 is 18.7 Å². The Morgan fingerprint density at radius 1 is 1.18 bits per heavy atom. The lowest BCUT2D eigenvalue weighted by Crippen LogP contribution is -2.41. The highest BCUT2D eigenvalue weighted by Crippen LogP contribution is 2.47. The first-order valence-electron chi connectivity index (χ1n) is 13.5. The summed E-state index contributed by atoms with van der Waals surface area (Å²) >= 11 is 1.31. The minimum Gasteiger partial charge on any atom is -0.496 e. The summed E-state index contributed by atoms with van der Waals surface area (Å²) in [5.41, 5.74) is 0.453. The highest BCUT2D eigenvalue weighted by molar-refractivity contribution is 7.57. The number of hydrogen-bond donors (Lipinski definition) is 0. The van der Waals surface area contributed by atoms with Gasteiger partial charge in [0.2, 0.25) is 7.37 Å². The van der Waals surface area contributed by atoms with E-state index >= 15 is 0 Å². The minimum atomic E-state index is -3.27. The van der Waals surface area contributed by atoms with Gasteiger partial charge >= 0.3 is 5.69 Å². The molecule has 0 aliphatic carbocycles. The van der Waals surface area contributed by atoms with Crippen molar-refractivity contribution in [2.45, 2.75) is 65.6 Å². The third kappa shape index (κ3) is 6.29. The molecule has 3 aromatic rings. The summed E-state index contributed by atoms with van der Waals surface area (Å²) in [4.78, 5) is 29.1. The molecule has 0 saturated carbocycles. The molecule has 1 unspecified atom stereocenters. The van der Waals surface area contributed by atoms with Crippen molar-refractivity contribution in [3.8, 4) is 17.6 Å². The Morgan fingerprint density at radius 2 is 1.90 bits per heavy atom. The van der Waals surface area contributed by atoms with Crippen molar-refractivity contribution >= 4 is 28.9 Å². The molecule has 2 aromatic heterocycles. The van der Waals surface area contributed by atoms with Crippen LogP contribution in [0.5, 0.6) is 5.75 Å². The number of fused-ring (bicyclic) bond motifs is 1. The normalized spacial score (nSPS) is 16.3. The molecule has 3 heterocycles. The number of aryl methyl sites for hydroxylation is 1. The van der Waals surface area contributed by atoms with Gasteiger partial charge in [-0.15, -0.1) is 17.3 Å². The highest BCUT2D eigenvalue weighted by atomic mass is 32.1. The average Bonchev–Trinajstić information content (AvgIpc) is 3.29. The summed E-state index contributed by atoms with van der Waals surface area (Å²) in [5, 5.41) is 0.395. The standard InChI is InChI=1S/C29H37N2O7PS/c1-6-11-25-20(4)26-27(32)31(19-39(34,8-3)37-7-2)29(33)30(28(26)40-25)18-24(38-21-14-16-36-17-15-21)22-12-9-10-13-23(22)35-5/h9-10,12-13,21,24H,7-8,14-19H2,1-5H3/t24-,39?/m0/s1. The van der Waals surface area contributed by atoms with E-state index in [4.69, 9.17) is 18.7 Å². The average molecular weight is 589 g/mol. The number of benzene rings is 1. The Bertz CT molecular complexity index is 1570. The van der Waals surface area contributed by atoms with E-state index in [-0.39, 0.29) is 31.7 Å². The van der Waals surface area contributed by atoms with Crippen LogP contribution < -0.4 is 16.0 Å². The lowest BCUT2D eigenvalue weighted by Gasteiger charge is -2.29. The van der Waals surface area contributed by atoms with E-state index in [1.54, 1.807) is 32.4 Å². The zero-order valence-corrected chi connectivity index (χ0v) is 25.4. The summed E-state index contributed by atoms with van der Waals surface area (Å²) in [6.07, 6.45) is 0.756. The molecule has 1 fully saturated rings. The van der Waals surface area contributed by atoms with E-state index in [0.717, 1.165) is 23.0 Å². The SMILES string of the molecule is CC#Cc1sc2c(c1C)c(=O)n(CP(=O)(CC)OCC)c(=O)n2C[C@H](OC1CCOCC1)c1ccccc1OC. The number of rotatable bonds is 11. The smallest absolute Gasteiger partial charge is 0.332 e. The van der Waals surface area contributed by atoms with Gasteiger partial charge < -0.3 is 18.7 Å². The Kier molecular flexibility index (Phi) is 10.1. The summed E-state index contributed by atoms with van der Waals surface area (Å²) in [7, 11) is -1.67. The van der Waals surface area contributed by atoms with Gasteiger partial charge in [0.05, 0.1) is 36.6 Å². The molecule has 216 valence electrons. The van der Waals surface area contributed by atoms with Crippen LogP contribution in [0.15, 0.2) is 33.9 Å². The third-order valence-electron chi connectivity index (χ3n) is 7.10. The van der Waals surface area contributed by atoms with Gasteiger partial charge in [-0.05, 0) is 45.2 Å². The number of aromatic nitrogens is 2. The molecule has 1 aromatic carbocycles. The maximum absolute atomic E-state index is 14.1. The van der Waals surface area contributed by atoms with Crippen LogP contribution in [0.2, 0.25) is 0 Å². The van der Waals surface area contributed by atoms with Gasteiger partial charge in [-0.1, -0.05) is 31.0 Å². The van der Waals surface area contributed by atoms with Crippen molar-refractivity contribution < 1.29 is 23.3 Å². The van der Waals surface area contributed by atoms with Gasteiger partial charge in [0.1, 0.15) is 23.0 Å². The van der Waals surface area contributed by atoms with Crippen molar-refractivity contribution in [1.82, 2.24) is 9.13 Å². The summed E-state index contributed by atoms with van der Waals surface area (Å²) < 4.78 is 39.5. The number of nitrogens with zero attached hydrogens (tertiary/aromatic N) is 2. The minimum absolute atomic E-state index is 0.0642. The first-order valence-corrected chi connectivity index (χ1v) is 16.4. The van der Waals surface area contributed by atoms with Crippen LogP contribution in [0.1, 0.15) is 55.7 Å². The summed E-state index contributed by atoms with van der Waals surface area (Å²) in [6.45, 7) is 8.60. The van der Waals surface area contributed by atoms with Gasteiger partial charge in [0.15, 0.2) is 0 Å². The van der Waals surface area contributed by atoms with Gasteiger partial charge in [-0.3, -0.25) is 13.9 Å². The molecule has 2 atom stereocenters. The molecule has 1 saturated heterocycles. The molecule has 1 aliphatic rings. The van der Waals surface area contributed by atoms with E-state index in [1.165, 1.54) is 11.3 Å². The quantitative estimate of drug-likeness (QED) is 0.226. The van der Waals surface area contributed by atoms with Crippen molar-refractivity contribution in [2.24, 2.45) is 0 Å². The van der Waals surface area contributed by atoms with Crippen LogP contribution in [0, 0.1) is 18.8 Å². The number of hydrogen-bond acceptors (Lipinski definition) is 8. The van der Waals surface area contributed by atoms with Crippen molar-refractivity contribution in [3.63, 3.8) is 0 Å². The maximum atomic E-state index is 14.1. The second-order valence-electron chi connectivity index (χ2n) is 9.61. The van der Waals surface area contributed by atoms with E-state index in [1.807, 2.05) is 31.2 Å². The topological polar surface area (TPSA) is 98.0 Å².